The lowest BCUT2D eigenvalue weighted by atomic mass is 9.93. The topological polar surface area (TPSA) is 42.2 Å². The van der Waals surface area contributed by atoms with Gasteiger partial charge in [0, 0.05) is 13.1 Å². The SMILES string of the molecule is CCCCCC1CCCN(c2nnco2)C1. The summed E-state index contributed by atoms with van der Waals surface area (Å²) < 4.78 is 5.25. The fraction of sp³-hybridized carbons (Fsp3) is 0.833. The lowest BCUT2D eigenvalue weighted by molar-refractivity contribution is 0.362. The Morgan fingerprint density at radius 3 is 3.19 bits per heavy atom. The lowest BCUT2D eigenvalue weighted by Crippen LogP contribution is -2.35. The Labute approximate surface area is 97.0 Å². The number of unbranched alkanes of at least 4 members (excludes halogenated alkanes) is 2. The molecule has 1 saturated heterocycles. The molecule has 0 aliphatic carbocycles. The van der Waals surface area contributed by atoms with Gasteiger partial charge in [0.25, 0.3) is 0 Å². The molecule has 1 unspecified atom stereocenters. The van der Waals surface area contributed by atoms with Gasteiger partial charge in [-0.25, -0.2) is 0 Å². The highest BCUT2D eigenvalue weighted by atomic mass is 16.4. The van der Waals surface area contributed by atoms with Crippen LogP contribution in [0.5, 0.6) is 0 Å². The van der Waals surface area contributed by atoms with Crippen molar-refractivity contribution in [2.24, 2.45) is 5.92 Å². The molecule has 1 aromatic rings. The summed E-state index contributed by atoms with van der Waals surface area (Å²) in [6.45, 7) is 4.41. The second-order valence-corrected chi connectivity index (χ2v) is 4.67. The zero-order chi connectivity index (χ0) is 11.2. The Bertz CT molecular complexity index is 286. The molecule has 2 heterocycles. The lowest BCUT2D eigenvalue weighted by Gasteiger charge is -2.31. The van der Waals surface area contributed by atoms with E-state index in [1.807, 2.05) is 0 Å². The normalized spacial score (nSPS) is 21.3. The van der Waals surface area contributed by atoms with Crippen LogP contribution in [0, 0.1) is 5.92 Å². The molecule has 4 nitrogen and oxygen atoms in total. The Balaban J connectivity index is 1.80. The van der Waals surface area contributed by atoms with Crippen molar-refractivity contribution in [1.29, 1.82) is 0 Å². The van der Waals surface area contributed by atoms with Crippen LogP contribution in [0.3, 0.4) is 0 Å². The molecule has 4 heteroatoms. The van der Waals surface area contributed by atoms with Crippen LogP contribution in [-0.2, 0) is 0 Å². The largest absolute Gasteiger partial charge is 0.411 e. The van der Waals surface area contributed by atoms with E-state index in [0.717, 1.165) is 19.0 Å². The maximum absolute atomic E-state index is 5.25. The van der Waals surface area contributed by atoms with Gasteiger partial charge in [0.15, 0.2) is 0 Å². The van der Waals surface area contributed by atoms with Crippen molar-refractivity contribution in [2.45, 2.75) is 45.4 Å². The maximum Gasteiger partial charge on any atom is 0.317 e. The Morgan fingerprint density at radius 2 is 2.44 bits per heavy atom. The van der Waals surface area contributed by atoms with E-state index in [-0.39, 0.29) is 0 Å². The van der Waals surface area contributed by atoms with Gasteiger partial charge in [0.2, 0.25) is 6.39 Å². The van der Waals surface area contributed by atoms with E-state index in [0.29, 0.717) is 6.01 Å². The van der Waals surface area contributed by atoms with Crippen LogP contribution >= 0.6 is 0 Å². The van der Waals surface area contributed by atoms with E-state index in [4.69, 9.17) is 4.42 Å². The molecule has 90 valence electrons. The molecule has 0 radical (unpaired) electrons. The highest BCUT2D eigenvalue weighted by Gasteiger charge is 2.22. The first-order valence-electron chi connectivity index (χ1n) is 6.41. The quantitative estimate of drug-likeness (QED) is 0.720. The number of anilines is 1. The number of hydrogen-bond donors (Lipinski definition) is 0. The van der Waals surface area contributed by atoms with Crippen LogP contribution in [0.1, 0.15) is 45.4 Å². The second kappa shape index (κ2) is 5.87. The number of hydrogen-bond acceptors (Lipinski definition) is 4. The molecule has 2 rings (SSSR count). The molecule has 0 saturated carbocycles. The van der Waals surface area contributed by atoms with Crippen molar-refractivity contribution in [1.82, 2.24) is 10.2 Å². The smallest absolute Gasteiger partial charge is 0.317 e. The molecular weight excluding hydrogens is 202 g/mol. The zero-order valence-electron chi connectivity index (χ0n) is 10.1. The summed E-state index contributed by atoms with van der Waals surface area (Å²) in [5.41, 5.74) is 0. The van der Waals surface area contributed by atoms with Gasteiger partial charge < -0.3 is 9.32 Å². The van der Waals surface area contributed by atoms with Crippen molar-refractivity contribution in [3.8, 4) is 0 Å². The first-order valence-corrected chi connectivity index (χ1v) is 6.41. The molecule has 0 aromatic carbocycles. The van der Waals surface area contributed by atoms with Gasteiger partial charge in [0.05, 0.1) is 0 Å². The van der Waals surface area contributed by atoms with E-state index >= 15 is 0 Å². The average Bonchev–Trinajstić information content (AvgIpc) is 2.83. The van der Waals surface area contributed by atoms with Crippen LogP contribution in [0.2, 0.25) is 0 Å². The molecule has 0 bridgehead atoms. The third kappa shape index (κ3) is 2.97. The van der Waals surface area contributed by atoms with Gasteiger partial charge >= 0.3 is 6.01 Å². The van der Waals surface area contributed by atoms with E-state index in [1.54, 1.807) is 0 Å². The van der Waals surface area contributed by atoms with Gasteiger partial charge in [0.1, 0.15) is 0 Å². The highest BCUT2D eigenvalue weighted by Crippen LogP contribution is 2.24. The zero-order valence-corrected chi connectivity index (χ0v) is 10.1. The van der Waals surface area contributed by atoms with Crippen molar-refractivity contribution >= 4 is 6.01 Å². The summed E-state index contributed by atoms with van der Waals surface area (Å²) in [6, 6.07) is 0.695. The van der Waals surface area contributed by atoms with Crippen molar-refractivity contribution in [3.05, 3.63) is 6.39 Å². The Morgan fingerprint density at radius 1 is 1.50 bits per heavy atom. The molecule has 1 fully saturated rings. The van der Waals surface area contributed by atoms with Crippen molar-refractivity contribution < 1.29 is 4.42 Å². The first kappa shape index (κ1) is 11.4. The van der Waals surface area contributed by atoms with E-state index in [1.165, 1.54) is 44.9 Å². The van der Waals surface area contributed by atoms with E-state index < -0.39 is 0 Å². The minimum Gasteiger partial charge on any atom is -0.411 e. The molecular formula is C12H21N3O. The fourth-order valence-electron chi connectivity index (χ4n) is 2.46. The molecule has 1 atom stereocenters. The average molecular weight is 223 g/mol. The van der Waals surface area contributed by atoms with Crippen LogP contribution < -0.4 is 4.90 Å². The van der Waals surface area contributed by atoms with Crippen molar-refractivity contribution in [3.63, 3.8) is 0 Å². The van der Waals surface area contributed by atoms with Crippen LogP contribution in [0.4, 0.5) is 6.01 Å². The van der Waals surface area contributed by atoms with Crippen LogP contribution in [0.15, 0.2) is 10.8 Å². The molecule has 0 spiro atoms. The summed E-state index contributed by atoms with van der Waals surface area (Å²) in [5.74, 6) is 0.812. The minimum absolute atomic E-state index is 0.695. The van der Waals surface area contributed by atoms with Gasteiger partial charge in [-0.05, 0) is 25.2 Å². The number of aromatic nitrogens is 2. The van der Waals surface area contributed by atoms with E-state index in [2.05, 4.69) is 22.0 Å². The van der Waals surface area contributed by atoms with Gasteiger partial charge in [-0.3, -0.25) is 0 Å². The van der Waals surface area contributed by atoms with Gasteiger partial charge in [-0.1, -0.05) is 31.3 Å². The number of rotatable bonds is 5. The molecule has 1 aliphatic rings. The summed E-state index contributed by atoms with van der Waals surface area (Å²) in [4.78, 5) is 2.23. The standard InChI is InChI=1S/C12H21N3O/c1-2-3-4-6-11-7-5-8-15(9-11)12-14-13-10-16-12/h10-11H,2-9H2,1H3. The molecule has 0 amide bonds. The number of nitrogens with zero attached hydrogens (tertiary/aromatic N) is 3. The molecule has 1 aliphatic heterocycles. The Hall–Kier alpha value is -1.06. The molecule has 1 aromatic heterocycles. The highest BCUT2D eigenvalue weighted by molar-refractivity contribution is 5.23. The van der Waals surface area contributed by atoms with Gasteiger partial charge in [-0.2, -0.15) is 0 Å². The Kier molecular flexibility index (Phi) is 4.19. The summed E-state index contributed by atoms with van der Waals surface area (Å²) in [5, 5.41) is 7.72. The monoisotopic (exact) mass is 223 g/mol. The number of piperidine rings is 1. The molecule has 0 N–H and O–H groups in total. The fourth-order valence-corrected chi connectivity index (χ4v) is 2.46. The summed E-state index contributed by atoms with van der Waals surface area (Å²) in [6.07, 6.45) is 9.39. The molecule has 16 heavy (non-hydrogen) atoms. The predicted molar refractivity (Wildman–Crippen MR) is 63.4 cm³/mol. The van der Waals surface area contributed by atoms with Crippen LogP contribution in [0.25, 0.3) is 0 Å². The predicted octanol–water partition coefficient (Wildman–Crippen LogP) is 2.87. The maximum atomic E-state index is 5.25. The summed E-state index contributed by atoms with van der Waals surface area (Å²) >= 11 is 0. The van der Waals surface area contributed by atoms with Crippen LogP contribution in [-0.4, -0.2) is 23.3 Å². The summed E-state index contributed by atoms with van der Waals surface area (Å²) in [7, 11) is 0. The van der Waals surface area contributed by atoms with Gasteiger partial charge in [-0.15, -0.1) is 5.10 Å². The van der Waals surface area contributed by atoms with E-state index in [9.17, 15) is 0 Å². The minimum atomic E-state index is 0.695. The third-order valence-electron chi connectivity index (χ3n) is 3.35. The second-order valence-electron chi connectivity index (χ2n) is 4.67. The third-order valence-corrected chi connectivity index (χ3v) is 3.35. The van der Waals surface area contributed by atoms with Crippen molar-refractivity contribution in [2.75, 3.05) is 18.0 Å². The first-order chi connectivity index (χ1) is 7.90.